The first-order valence-electron chi connectivity index (χ1n) is 25.1. The molecule has 5 rings (SSSR count). The van der Waals surface area contributed by atoms with Crippen molar-refractivity contribution in [3.8, 4) is 0 Å². The molecule has 10 nitrogen and oxygen atoms in total. The van der Waals surface area contributed by atoms with Crippen molar-refractivity contribution in [2.24, 2.45) is 0 Å². The summed E-state index contributed by atoms with van der Waals surface area (Å²) in [5, 5.41) is 3.32. The Labute approximate surface area is 394 Å². The van der Waals surface area contributed by atoms with E-state index in [-0.39, 0.29) is 25.2 Å². The number of rotatable bonds is 33. The van der Waals surface area contributed by atoms with E-state index in [0.29, 0.717) is 32.8 Å². The van der Waals surface area contributed by atoms with Crippen molar-refractivity contribution in [3.63, 3.8) is 0 Å². The summed E-state index contributed by atoms with van der Waals surface area (Å²) in [6.07, 6.45) is 10.3. The molecule has 0 aromatic heterocycles. The fourth-order valence-corrected chi connectivity index (χ4v) is 8.46. The van der Waals surface area contributed by atoms with Gasteiger partial charge in [0.25, 0.3) is 0 Å². The number of carbonyl (C=O) groups excluding carboxylic acids is 1. The lowest BCUT2D eigenvalue weighted by Crippen LogP contribution is -2.64. The zero-order valence-corrected chi connectivity index (χ0v) is 40.2. The molecule has 12 heteroatoms. The molecule has 3 aromatic rings. The summed E-state index contributed by atoms with van der Waals surface area (Å²) in [6, 6.07) is 23.5. The number of unbranched alkanes of at least 4 members (excludes halogenated alkanes) is 10. The average Bonchev–Trinajstić information content (AvgIpc) is 3.33. The summed E-state index contributed by atoms with van der Waals surface area (Å²) in [6.45, 7) is 10.7. The van der Waals surface area contributed by atoms with Crippen LogP contribution in [0.4, 0.5) is 8.78 Å². The third-order valence-electron chi connectivity index (χ3n) is 12.4. The van der Waals surface area contributed by atoms with Crippen LogP contribution in [0.15, 0.2) is 78.9 Å². The molecule has 1 amide bonds. The van der Waals surface area contributed by atoms with Crippen molar-refractivity contribution < 1.29 is 51.5 Å². The number of hydrogen-bond acceptors (Lipinski definition) is 9. The van der Waals surface area contributed by atoms with Gasteiger partial charge >= 0.3 is 0 Å². The smallest absolute Gasteiger partial charge is 0.220 e. The van der Waals surface area contributed by atoms with E-state index in [0.717, 1.165) is 113 Å². The lowest BCUT2D eigenvalue weighted by Gasteiger charge is -2.49. The van der Waals surface area contributed by atoms with Gasteiger partial charge in [0.1, 0.15) is 30.5 Å². The zero-order chi connectivity index (χ0) is 46.8. The Hall–Kier alpha value is -3.33. The average molecular weight is 924 g/mol. The minimum Gasteiger partial charge on any atom is -0.373 e. The van der Waals surface area contributed by atoms with Gasteiger partial charge in [0.15, 0.2) is 24.2 Å². The van der Waals surface area contributed by atoms with Crippen LogP contribution in [0.25, 0.3) is 0 Å². The number of fused-ring (bicyclic) bond motifs is 1. The maximum atomic E-state index is 13.9. The molecule has 2 aliphatic rings. The minimum absolute atomic E-state index is 0.0673. The van der Waals surface area contributed by atoms with Crippen molar-refractivity contribution in [1.82, 2.24) is 5.32 Å². The normalized spacial score (nSPS) is 22.1. The number of aryl methyl sites for hydroxylation is 1. The largest absolute Gasteiger partial charge is 0.373 e. The maximum absolute atomic E-state index is 13.9. The van der Waals surface area contributed by atoms with Gasteiger partial charge in [-0.05, 0) is 68.7 Å². The van der Waals surface area contributed by atoms with Gasteiger partial charge in [-0.3, -0.25) is 4.79 Å². The van der Waals surface area contributed by atoms with Crippen molar-refractivity contribution in [3.05, 3.63) is 107 Å². The molecule has 368 valence electrons. The third-order valence-corrected chi connectivity index (χ3v) is 12.4. The molecular weight excluding hydrogens is 845 g/mol. The van der Waals surface area contributed by atoms with Gasteiger partial charge in [-0.1, -0.05) is 145 Å². The Bertz CT molecular complexity index is 1740. The summed E-state index contributed by atoms with van der Waals surface area (Å²) in [4.78, 5) is 13.9. The Morgan fingerprint density at radius 2 is 1.32 bits per heavy atom. The molecule has 2 fully saturated rings. The molecule has 0 aliphatic carbocycles. The Balaban J connectivity index is 1.24. The monoisotopic (exact) mass is 924 g/mol. The van der Waals surface area contributed by atoms with E-state index in [9.17, 15) is 13.6 Å². The van der Waals surface area contributed by atoms with Crippen LogP contribution in [-0.4, -0.2) is 87.9 Å². The first-order chi connectivity index (χ1) is 32.3. The van der Waals surface area contributed by atoms with Crippen LogP contribution in [0.2, 0.25) is 0 Å². The lowest BCUT2D eigenvalue weighted by molar-refractivity contribution is -0.371. The van der Waals surface area contributed by atoms with E-state index >= 15 is 0 Å². The van der Waals surface area contributed by atoms with Gasteiger partial charge in [-0.25, -0.2) is 8.78 Å². The second-order valence-corrected chi connectivity index (χ2v) is 17.9. The van der Waals surface area contributed by atoms with Gasteiger partial charge < -0.3 is 43.2 Å². The van der Waals surface area contributed by atoms with Gasteiger partial charge in [-0.15, -0.1) is 0 Å². The van der Waals surface area contributed by atoms with E-state index in [2.05, 4.69) is 26.1 Å². The highest BCUT2D eigenvalue weighted by atomic mass is 19.2. The van der Waals surface area contributed by atoms with E-state index in [1.54, 1.807) is 6.07 Å². The highest BCUT2D eigenvalue weighted by Gasteiger charge is 2.52. The van der Waals surface area contributed by atoms with E-state index < -0.39 is 60.8 Å². The minimum atomic E-state index is -0.836. The molecule has 2 aliphatic heterocycles. The number of halogens is 2. The molecule has 1 N–H and O–H groups in total. The Morgan fingerprint density at radius 3 is 2.00 bits per heavy atom. The topological polar surface area (TPSA) is 103 Å². The molecule has 9 atom stereocenters. The second kappa shape index (κ2) is 30.9. The maximum Gasteiger partial charge on any atom is 0.220 e. The van der Waals surface area contributed by atoms with Crippen LogP contribution in [0.5, 0.6) is 0 Å². The predicted molar refractivity (Wildman–Crippen MR) is 253 cm³/mol. The van der Waals surface area contributed by atoms with E-state index in [1.165, 1.54) is 12.1 Å². The summed E-state index contributed by atoms with van der Waals surface area (Å²) in [5.74, 6) is -1.66. The molecule has 4 unspecified atom stereocenters. The highest BCUT2D eigenvalue weighted by Crippen LogP contribution is 2.37. The molecule has 2 heterocycles. The van der Waals surface area contributed by atoms with Gasteiger partial charge in [0.2, 0.25) is 5.91 Å². The van der Waals surface area contributed by atoms with Crippen LogP contribution in [0.1, 0.15) is 147 Å². The number of carbonyl (C=O) groups is 1. The quantitative estimate of drug-likeness (QED) is 0.0598. The SMILES string of the molecule is CCCCOC1C(OCCCC)[C@H]2OC(c3ccccc3)OCC2O[C@@H]1OC[C@H](NC(=O)CCCCCCCCCCc1ccc(F)c(F)c1)[C@H](OCCCC)[C@@H](C)OCc1ccccc1. The summed E-state index contributed by atoms with van der Waals surface area (Å²) in [5.41, 5.74) is 2.80. The van der Waals surface area contributed by atoms with Gasteiger partial charge in [0.05, 0.1) is 32.0 Å². The molecule has 0 saturated carbocycles. The zero-order valence-electron chi connectivity index (χ0n) is 40.2. The van der Waals surface area contributed by atoms with Crippen molar-refractivity contribution in [1.29, 1.82) is 0 Å². The number of benzene rings is 3. The van der Waals surface area contributed by atoms with Crippen molar-refractivity contribution in [2.75, 3.05) is 33.0 Å². The molecule has 2 saturated heterocycles. The van der Waals surface area contributed by atoms with Crippen molar-refractivity contribution in [2.45, 2.75) is 192 Å². The molecule has 0 spiro atoms. The molecule has 66 heavy (non-hydrogen) atoms. The van der Waals surface area contributed by atoms with Crippen LogP contribution in [0, 0.1) is 11.6 Å². The van der Waals surface area contributed by atoms with E-state index in [1.807, 2.05) is 67.6 Å². The Kier molecular flexibility index (Phi) is 25.1. The lowest BCUT2D eigenvalue weighted by atomic mass is 9.97. The van der Waals surface area contributed by atoms with Gasteiger partial charge in [-0.2, -0.15) is 0 Å². The van der Waals surface area contributed by atoms with Crippen LogP contribution < -0.4 is 5.32 Å². The van der Waals surface area contributed by atoms with Crippen LogP contribution in [0.3, 0.4) is 0 Å². The fraction of sp³-hybridized carbons (Fsp3) is 0.648. The number of nitrogens with one attached hydrogen (secondary N) is 1. The Morgan fingerprint density at radius 1 is 0.682 bits per heavy atom. The first kappa shape index (κ1) is 53.6. The molecular formula is C54H79F2NO9. The molecule has 0 bridgehead atoms. The molecule has 3 aromatic carbocycles. The summed E-state index contributed by atoms with van der Waals surface area (Å²) < 4.78 is 79.6. The second-order valence-electron chi connectivity index (χ2n) is 17.9. The predicted octanol–water partition coefficient (Wildman–Crippen LogP) is 11.5. The van der Waals surface area contributed by atoms with E-state index in [4.69, 9.17) is 37.9 Å². The van der Waals surface area contributed by atoms with Gasteiger partial charge in [0, 0.05) is 31.8 Å². The number of hydrogen-bond donors (Lipinski definition) is 1. The molecule has 0 radical (unpaired) electrons. The van der Waals surface area contributed by atoms with Crippen LogP contribution in [-0.2, 0) is 55.7 Å². The first-order valence-corrected chi connectivity index (χ1v) is 25.1. The standard InChI is InChI=1S/C54H79F2NO9/c1-5-8-33-59-49(40(4)62-37-42-26-20-17-21-27-42)46(57-48(58)30-24-16-14-12-11-13-15-19-25-41-31-32-44(55)45(56)36-41)38-63-54-52(61-35-10-7-3)51(60-34-9-6-2)50-47(65-54)39-64-53(66-50)43-28-22-18-23-29-43/h17-18,20-23,26-29,31-32,36,40,46-47,49-54H,5-16,19,24-25,30,33-35,37-39H2,1-4H3,(H,57,58)/t40-,46+,47?,49-,50+,51?,52?,53?,54+/m1/s1. The fourth-order valence-electron chi connectivity index (χ4n) is 8.46. The summed E-state index contributed by atoms with van der Waals surface area (Å²) >= 11 is 0. The van der Waals surface area contributed by atoms with Crippen LogP contribution >= 0.6 is 0 Å². The summed E-state index contributed by atoms with van der Waals surface area (Å²) in [7, 11) is 0. The highest BCUT2D eigenvalue weighted by molar-refractivity contribution is 5.76. The third kappa shape index (κ3) is 18.3. The number of ether oxygens (including phenoxy) is 8. The number of amides is 1. The van der Waals surface area contributed by atoms with Crippen molar-refractivity contribution >= 4 is 5.91 Å².